The molecule has 3 aromatic carbocycles. The van der Waals surface area contributed by atoms with Crippen LogP contribution in [0, 0.1) is 21.4 Å². The summed E-state index contributed by atoms with van der Waals surface area (Å²) in [6, 6.07) is 19.2. The standard InChI is InChI=1S/C26H17F3N4O3/c27-26(28,29)20-5-3-4-17(12-20)15-32-16-19(23-6-1-2-7-24(23)32)13-18(14-30)25(34)31-21-8-10-22(11-9-21)33(35)36/h1-13,16H,15H2,(H,31,34). The second-order valence-corrected chi connectivity index (χ2v) is 7.86. The minimum absolute atomic E-state index is 0.141. The molecule has 1 aromatic heterocycles. The lowest BCUT2D eigenvalue weighted by molar-refractivity contribution is -0.384. The van der Waals surface area contributed by atoms with Gasteiger partial charge in [-0.15, -0.1) is 0 Å². The lowest BCUT2D eigenvalue weighted by Gasteiger charge is -2.10. The van der Waals surface area contributed by atoms with Crippen molar-refractivity contribution in [1.82, 2.24) is 4.57 Å². The predicted octanol–water partition coefficient (Wildman–Crippen LogP) is 6.16. The first-order valence-corrected chi connectivity index (χ1v) is 10.6. The number of aromatic nitrogens is 1. The van der Waals surface area contributed by atoms with E-state index < -0.39 is 22.6 Å². The molecule has 0 bridgehead atoms. The van der Waals surface area contributed by atoms with Gasteiger partial charge in [0.15, 0.2) is 0 Å². The van der Waals surface area contributed by atoms with Gasteiger partial charge in [-0.25, -0.2) is 0 Å². The molecule has 0 saturated carbocycles. The number of nitriles is 1. The number of carbonyl (C=O) groups is 1. The molecule has 0 radical (unpaired) electrons. The third kappa shape index (κ3) is 5.26. The average Bonchev–Trinajstić information content (AvgIpc) is 3.19. The number of hydrogen-bond donors (Lipinski definition) is 1. The number of nitrogens with zero attached hydrogens (tertiary/aromatic N) is 3. The summed E-state index contributed by atoms with van der Waals surface area (Å²) in [5.74, 6) is -0.707. The molecular formula is C26H17F3N4O3. The second-order valence-electron chi connectivity index (χ2n) is 7.86. The second kappa shape index (κ2) is 9.76. The average molecular weight is 490 g/mol. The van der Waals surface area contributed by atoms with E-state index in [0.29, 0.717) is 22.0 Å². The lowest BCUT2D eigenvalue weighted by atomic mass is 10.1. The van der Waals surface area contributed by atoms with E-state index in [2.05, 4.69) is 5.32 Å². The van der Waals surface area contributed by atoms with Crippen molar-refractivity contribution in [2.45, 2.75) is 12.7 Å². The Morgan fingerprint density at radius 1 is 1.08 bits per heavy atom. The molecule has 0 aliphatic rings. The van der Waals surface area contributed by atoms with Crippen LogP contribution >= 0.6 is 0 Å². The predicted molar refractivity (Wildman–Crippen MR) is 128 cm³/mol. The molecule has 1 heterocycles. The third-order valence-electron chi connectivity index (χ3n) is 5.43. The third-order valence-corrected chi connectivity index (χ3v) is 5.43. The Bertz CT molecular complexity index is 1530. The summed E-state index contributed by atoms with van der Waals surface area (Å²) in [4.78, 5) is 22.9. The van der Waals surface area contributed by atoms with Gasteiger partial charge in [-0.05, 0) is 42.0 Å². The molecule has 0 aliphatic carbocycles. The molecule has 10 heteroatoms. The monoisotopic (exact) mass is 490 g/mol. The minimum Gasteiger partial charge on any atom is -0.342 e. The zero-order valence-electron chi connectivity index (χ0n) is 18.5. The summed E-state index contributed by atoms with van der Waals surface area (Å²) >= 11 is 0. The number of amides is 1. The Morgan fingerprint density at radius 3 is 2.47 bits per heavy atom. The minimum atomic E-state index is -4.46. The molecule has 7 nitrogen and oxygen atoms in total. The number of nitro benzene ring substituents is 1. The molecule has 0 fully saturated rings. The molecular weight excluding hydrogens is 473 g/mol. The van der Waals surface area contributed by atoms with Gasteiger partial charge in [-0.3, -0.25) is 14.9 Å². The van der Waals surface area contributed by atoms with Gasteiger partial charge >= 0.3 is 6.18 Å². The van der Waals surface area contributed by atoms with Gasteiger partial charge in [0.1, 0.15) is 11.6 Å². The highest BCUT2D eigenvalue weighted by atomic mass is 19.4. The molecule has 180 valence electrons. The van der Waals surface area contributed by atoms with Gasteiger partial charge in [0, 0.05) is 47.0 Å². The Kier molecular flexibility index (Phi) is 6.56. The smallest absolute Gasteiger partial charge is 0.342 e. The number of halogens is 3. The van der Waals surface area contributed by atoms with E-state index in [1.807, 2.05) is 6.07 Å². The maximum atomic E-state index is 13.1. The summed E-state index contributed by atoms with van der Waals surface area (Å²) in [5.41, 5.74) is 0.873. The molecule has 36 heavy (non-hydrogen) atoms. The molecule has 4 rings (SSSR count). The summed E-state index contributed by atoms with van der Waals surface area (Å²) < 4.78 is 41.1. The number of anilines is 1. The lowest BCUT2D eigenvalue weighted by Crippen LogP contribution is -2.13. The fraction of sp³-hybridized carbons (Fsp3) is 0.0769. The molecule has 0 aliphatic heterocycles. The Hall–Kier alpha value is -4.91. The van der Waals surface area contributed by atoms with E-state index in [9.17, 15) is 33.3 Å². The first kappa shape index (κ1) is 24.2. The van der Waals surface area contributed by atoms with Crippen LogP contribution in [0.1, 0.15) is 16.7 Å². The van der Waals surface area contributed by atoms with Crippen LogP contribution in [0.5, 0.6) is 0 Å². The maximum absolute atomic E-state index is 13.1. The highest BCUT2D eigenvalue weighted by Gasteiger charge is 2.30. The van der Waals surface area contributed by atoms with Gasteiger partial charge in [0.05, 0.1) is 10.5 Å². The number of benzene rings is 3. The molecule has 0 unspecified atom stereocenters. The van der Waals surface area contributed by atoms with Gasteiger partial charge < -0.3 is 9.88 Å². The summed E-state index contributed by atoms with van der Waals surface area (Å²) in [5, 5.41) is 23.6. The Morgan fingerprint density at radius 2 is 1.81 bits per heavy atom. The zero-order chi connectivity index (χ0) is 25.9. The fourth-order valence-electron chi connectivity index (χ4n) is 3.73. The van der Waals surface area contributed by atoms with Crippen LogP contribution in [0.25, 0.3) is 17.0 Å². The number of fused-ring (bicyclic) bond motifs is 1. The van der Waals surface area contributed by atoms with Crippen LogP contribution in [0.15, 0.2) is 84.6 Å². The number of nitro groups is 1. The molecule has 1 amide bonds. The topological polar surface area (TPSA) is 101 Å². The molecule has 0 spiro atoms. The maximum Gasteiger partial charge on any atom is 0.416 e. The Labute approximate surface area is 202 Å². The fourth-order valence-corrected chi connectivity index (χ4v) is 3.73. The molecule has 1 N–H and O–H groups in total. The van der Waals surface area contributed by atoms with Crippen molar-refractivity contribution in [3.05, 3.63) is 111 Å². The Balaban J connectivity index is 1.64. The van der Waals surface area contributed by atoms with Crippen molar-refractivity contribution in [2.24, 2.45) is 0 Å². The van der Waals surface area contributed by atoms with Crippen LogP contribution in [0.4, 0.5) is 24.5 Å². The number of alkyl halides is 3. The number of carbonyl (C=O) groups excluding carboxylic acids is 1. The van der Waals surface area contributed by atoms with E-state index in [4.69, 9.17) is 0 Å². The number of hydrogen-bond acceptors (Lipinski definition) is 4. The van der Waals surface area contributed by atoms with Crippen molar-refractivity contribution < 1.29 is 22.9 Å². The van der Waals surface area contributed by atoms with E-state index in [0.717, 1.165) is 12.1 Å². The zero-order valence-corrected chi connectivity index (χ0v) is 18.5. The van der Waals surface area contributed by atoms with Crippen molar-refractivity contribution in [2.75, 3.05) is 5.32 Å². The molecule has 0 saturated heterocycles. The molecule has 4 aromatic rings. The molecule has 0 atom stereocenters. The number of para-hydroxylation sites is 1. The SMILES string of the molecule is N#CC(=Cc1cn(Cc2cccc(C(F)(F)F)c2)c2ccccc12)C(=O)Nc1ccc([N+](=O)[O-])cc1. The number of non-ortho nitro benzene ring substituents is 1. The van der Waals surface area contributed by atoms with Crippen LogP contribution < -0.4 is 5.32 Å². The van der Waals surface area contributed by atoms with E-state index in [-0.39, 0.29) is 23.5 Å². The summed E-state index contributed by atoms with van der Waals surface area (Å²) in [6.07, 6.45) is -1.39. The van der Waals surface area contributed by atoms with Crippen molar-refractivity contribution in [1.29, 1.82) is 5.26 Å². The van der Waals surface area contributed by atoms with Crippen LogP contribution in [0.3, 0.4) is 0 Å². The van der Waals surface area contributed by atoms with Gasteiger partial charge in [-0.1, -0.05) is 30.3 Å². The number of rotatable bonds is 6. The first-order chi connectivity index (χ1) is 17.2. The highest BCUT2D eigenvalue weighted by Crippen LogP contribution is 2.30. The van der Waals surface area contributed by atoms with E-state index in [1.54, 1.807) is 41.1 Å². The van der Waals surface area contributed by atoms with Crippen molar-refractivity contribution in [3.8, 4) is 6.07 Å². The van der Waals surface area contributed by atoms with Crippen molar-refractivity contribution >= 4 is 34.3 Å². The van der Waals surface area contributed by atoms with E-state index in [1.165, 1.54) is 36.4 Å². The van der Waals surface area contributed by atoms with Crippen LogP contribution in [0.2, 0.25) is 0 Å². The van der Waals surface area contributed by atoms with Gasteiger partial charge in [0.2, 0.25) is 0 Å². The van der Waals surface area contributed by atoms with Gasteiger partial charge in [0.25, 0.3) is 11.6 Å². The van der Waals surface area contributed by atoms with Crippen molar-refractivity contribution in [3.63, 3.8) is 0 Å². The highest BCUT2D eigenvalue weighted by molar-refractivity contribution is 6.10. The largest absolute Gasteiger partial charge is 0.416 e. The van der Waals surface area contributed by atoms with Gasteiger partial charge in [-0.2, -0.15) is 18.4 Å². The summed E-state index contributed by atoms with van der Waals surface area (Å²) in [6.45, 7) is 0.148. The van der Waals surface area contributed by atoms with Crippen LogP contribution in [-0.2, 0) is 17.5 Å². The van der Waals surface area contributed by atoms with Crippen LogP contribution in [-0.4, -0.2) is 15.4 Å². The first-order valence-electron chi connectivity index (χ1n) is 10.6. The quantitative estimate of drug-likeness (QED) is 0.151. The normalized spacial score (nSPS) is 11.8. The number of nitrogens with one attached hydrogen (secondary N) is 1. The summed E-state index contributed by atoms with van der Waals surface area (Å²) in [7, 11) is 0. The van der Waals surface area contributed by atoms with E-state index >= 15 is 0 Å².